The second-order valence-electron chi connectivity index (χ2n) is 5.92. The van der Waals surface area contributed by atoms with Crippen LogP contribution < -0.4 is 5.73 Å². The quantitative estimate of drug-likeness (QED) is 0.861. The molecule has 0 bridgehead atoms. The van der Waals surface area contributed by atoms with Gasteiger partial charge in [0.25, 0.3) is 5.91 Å². The maximum Gasteiger partial charge on any atom is 0.267 e. The Labute approximate surface area is 123 Å². The molecule has 21 heavy (non-hydrogen) atoms. The van der Waals surface area contributed by atoms with Crippen LogP contribution in [0.5, 0.6) is 0 Å². The summed E-state index contributed by atoms with van der Waals surface area (Å²) >= 11 is 0. The lowest BCUT2D eigenvalue weighted by molar-refractivity contribution is 0.0995. The van der Waals surface area contributed by atoms with Crippen LogP contribution in [-0.4, -0.2) is 47.4 Å². The zero-order valence-corrected chi connectivity index (χ0v) is 11.8. The fourth-order valence-corrected chi connectivity index (χ4v) is 3.44. The Balaban J connectivity index is 1.67. The van der Waals surface area contributed by atoms with E-state index in [1.54, 1.807) is 6.07 Å². The van der Waals surface area contributed by atoms with E-state index in [0.717, 1.165) is 56.0 Å². The van der Waals surface area contributed by atoms with Gasteiger partial charge in [0.1, 0.15) is 5.69 Å². The third kappa shape index (κ3) is 2.10. The molecule has 6 nitrogen and oxygen atoms in total. The molecule has 0 spiro atoms. The van der Waals surface area contributed by atoms with Crippen molar-refractivity contribution in [1.29, 1.82) is 0 Å². The SMILES string of the molecule is NC(=O)c1ccc2c(n1)CCC1CN([C@H]3CCOC3)N=C21. The molecule has 0 saturated carbocycles. The number of nitrogens with two attached hydrogens (primary N) is 1. The summed E-state index contributed by atoms with van der Waals surface area (Å²) in [6.07, 6.45) is 2.97. The molecule has 110 valence electrons. The standard InChI is InChI=1S/C15H18N4O2/c16-15(20)13-4-2-11-12(17-13)3-1-9-7-19(18-14(9)11)10-5-6-21-8-10/h2,4,9-10H,1,3,5-8H2,(H2,16,20)/t9?,10-/m0/s1. The molecule has 4 rings (SSSR count). The number of fused-ring (bicyclic) bond motifs is 3. The molecule has 1 fully saturated rings. The summed E-state index contributed by atoms with van der Waals surface area (Å²) in [5, 5.41) is 7.01. The number of ether oxygens (including phenoxy) is 1. The summed E-state index contributed by atoms with van der Waals surface area (Å²) in [5.74, 6) is -0.00246. The van der Waals surface area contributed by atoms with Crippen LogP contribution in [0.4, 0.5) is 0 Å². The zero-order chi connectivity index (χ0) is 14.4. The lowest BCUT2D eigenvalue weighted by atomic mass is 9.85. The Morgan fingerprint density at radius 2 is 2.29 bits per heavy atom. The fourth-order valence-electron chi connectivity index (χ4n) is 3.44. The average molecular weight is 286 g/mol. The number of carbonyl (C=O) groups excluding carboxylic acids is 1. The molecule has 2 aliphatic heterocycles. The summed E-state index contributed by atoms with van der Waals surface area (Å²) < 4.78 is 5.46. The van der Waals surface area contributed by atoms with Crippen molar-refractivity contribution in [2.24, 2.45) is 16.8 Å². The first-order valence-electron chi connectivity index (χ1n) is 7.45. The summed E-state index contributed by atoms with van der Waals surface area (Å²) in [4.78, 5) is 15.6. The second kappa shape index (κ2) is 4.80. The highest BCUT2D eigenvalue weighted by molar-refractivity contribution is 6.05. The van der Waals surface area contributed by atoms with Crippen molar-refractivity contribution >= 4 is 11.6 Å². The van der Waals surface area contributed by atoms with Crippen molar-refractivity contribution in [3.05, 3.63) is 29.1 Å². The Morgan fingerprint density at radius 1 is 1.38 bits per heavy atom. The molecule has 6 heteroatoms. The van der Waals surface area contributed by atoms with Gasteiger partial charge >= 0.3 is 0 Å². The number of amides is 1. The van der Waals surface area contributed by atoms with Gasteiger partial charge < -0.3 is 10.5 Å². The summed E-state index contributed by atoms with van der Waals surface area (Å²) in [5.41, 5.74) is 8.79. The molecule has 1 amide bonds. The number of carbonyl (C=O) groups is 1. The van der Waals surface area contributed by atoms with E-state index >= 15 is 0 Å². The molecule has 2 atom stereocenters. The first kappa shape index (κ1) is 12.8. The summed E-state index contributed by atoms with van der Waals surface area (Å²) in [7, 11) is 0. The van der Waals surface area contributed by atoms with Crippen LogP contribution in [0.2, 0.25) is 0 Å². The van der Waals surface area contributed by atoms with Gasteiger partial charge in [0.05, 0.1) is 24.1 Å². The minimum Gasteiger partial charge on any atom is -0.379 e. The number of rotatable bonds is 2. The van der Waals surface area contributed by atoms with E-state index in [9.17, 15) is 4.79 Å². The number of primary amides is 1. The molecule has 1 saturated heterocycles. The predicted molar refractivity (Wildman–Crippen MR) is 77.0 cm³/mol. The largest absolute Gasteiger partial charge is 0.379 e. The molecule has 3 heterocycles. The molecule has 2 N–H and O–H groups in total. The molecule has 0 radical (unpaired) electrons. The first-order chi connectivity index (χ1) is 10.2. The highest BCUT2D eigenvalue weighted by atomic mass is 16.5. The number of hydrogen-bond acceptors (Lipinski definition) is 5. The van der Waals surface area contributed by atoms with Crippen molar-refractivity contribution in [2.75, 3.05) is 19.8 Å². The van der Waals surface area contributed by atoms with E-state index in [2.05, 4.69) is 9.99 Å². The zero-order valence-electron chi connectivity index (χ0n) is 11.8. The third-order valence-electron chi connectivity index (χ3n) is 4.59. The molecule has 1 aromatic heterocycles. The van der Waals surface area contributed by atoms with Crippen LogP contribution in [0.15, 0.2) is 17.2 Å². The highest BCUT2D eigenvalue weighted by Gasteiger charge is 2.36. The van der Waals surface area contributed by atoms with Gasteiger partial charge in [-0.2, -0.15) is 5.10 Å². The predicted octanol–water partition coefficient (Wildman–Crippen LogP) is 0.551. The fraction of sp³-hybridized carbons (Fsp3) is 0.533. The van der Waals surface area contributed by atoms with E-state index in [1.165, 1.54) is 0 Å². The normalized spacial score (nSPS) is 27.2. The van der Waals surface area contributed by atoms with E-state index in [4.69, 9.17) is 15.6 Å². The molecule has 0 aromatic carbocycles. The van der Waals surface area contributed by atoms with E-state index in [0.29, 0.717) is 17.7 Å². The van der Waals surface area contributed by atoms with Gasteiger partial charge in [0.15, 0.2) is 0 Å². The lowest BCUT2D eigenvalue weighted by Crippen LogP contribution is -2.32. The number of nitrogens with zero attached hydrogens (tertiary/aromatic N) is 3. The summed E-state index contributed by atoms with van der Waals surface area (Å²) in [6.45, 7) is 2.58. The van der Waals surface area contributed by atoms with Crippen LogP contribution in [0.1, 0.15) is 34.6 Å². The van der Waals surface area contributed by atoms with Crippen molar-refractivity contribution in [2.45, 2.75) is 25.3 Å². The van der Waals surface area contributed by atoms with Gasteiger partial charge in [0, 0.05) is 24.6 Å². The number of hydrogen-bond donors (Lipinski definition) is 1. The number of aromatic nitrogens is 1. The Morgan fingerprint density at radius 3 is 3.05 bits per heavy atom. The molecular weight excluding hydrogens is 268 g/mol. The number of pyridine rings is 1. The van der Waals surface area contributed by atoms with Crippen LogP contribution in [0.25, 0.3) is 0 Å². The van der Waals surface area contributed by atoms with Crippen LogP contribution in [0, 0.1) is 5.92 Å². The van der Waals surface area contributed by atoms with Crippen molar-refractivity contribution in [3.8, 4) is 0 Å². The Bertz CT molecular complexity index is 622. The van der Waals surface area contributed by atoms with Crippen molar-refractivity contribution < 1.29 is 9.53 Å². The van der Waals surface area contributed by atoms with Crippen molar-refractivity contribution in [3.63, 3.8) is 0 Å². The maximum atomic E-state index is 11.2. The van der Waals surface area contributed by atoms with Crippen LogP contribution >= 0.6 is 0 Å². The Kier molecular flexibility index (Phi) is 2.92. The van der Waals surface area contributed by atoms with Gasteiger partial charge in [-0.05, 0) is 31.4 Å². The molecule has 3 aliphatic rings. The van der Waals surface area contributed by atoms with Gasteiger partial charge in [0.2, 0.25) is 0 Å². The van der Waals surface area contributed by atoms with Gasteiger partial charge in [-0.3, -0.25) is 9.80 Å². The maximum absolute atomic E-state index is 11.2. The topological polar surface area (TPSA) is 80.8 Å². The first-order valence-corrected chi connectivity index (χ1v) is 7.45. The minimum absolute atomic E-state index is 0.340. The van der Waals surface area contributed by atoms with Crippen molar-refractivity contribution in [1.82, 2.24) is 9.99 Å². The molecule has 1 aliphatic carbocycles. The molecule has 1 aromatic rings. The second-order valence-corrected chi connectivity index (χ2v) is 5.92. The number of aryl methyl sites for hydroxylation is 1. The molecular formula is C15H18N4O2. The monoisotopic (exact) mass is 286 g/mol. The van der Waals surface area contributed by atoms with E-state index in [1.807, 2.05) is 6.07 Å². The third-order valence-corrected chi connectivity index (χ3v) is 4.59. The minimum atomic E-state index is -0.474. The van der Waals surface area contributed by atoms with Crippen LogP contribution in [-0.2, 0) is 11.2 Å². The van der Waals surface area contributed by atoms with Gasteiger partial charge in [-0.15, -0.1) is 0 Å². The summed E-state index contributed by atoms with van der Waals surface area (Å²) in [6, 6.07) is 4.06. The average Bonchev–Trinajstić information content (AvgIpc) is 3.15. The van der Waals surface area contributed by atoms with Gasteiger partial charge in [-0.1, -0.05) is 0 Å². The van der Waals surface area contributed by atoms with E-state index in [-0.39, 0.29) is 0 Å². The molecule has 1 unspecified atom stereocenters. The highest BCUT2D eigenvalue weighted by Crippen LogP contribution is 2.32. The smallest absolute Gasteiger partial charge is 0.267 e. The lowest BCUT2D eigenvalue weighted by Gasteiger charge is -2.22. The van der Waals surface area contributed by atoms with Crippen LogP contribution in [0.3, 0.4) is 0 Å². The van der Waals surface area contributed by atoms with E-state index < -0.39 is 5.91 Å². The Hall–Kier alpha value is -1.95. The number of hydrazone groups is 1. The van der Waals surface area contributed by atoms with Gasteiger partial charge in [-0.25, -0.2) is 4.98 Å².